The van der Waals surface area contributed by atoms with Crippen LogP contribution < -0.4 is 10.6 Å². The quantitative estimate of drug-likeness (QED) is 0.895. The second-order valence-electron chi connectivity index (χ2n) is 5.91. The molecule has 2 N–H and O–H groups in total. The molecule has 5 nitrogen and oxygen atoms in total. The van der Waals surface area contributed by atoms with E-state index in [1.807, 2.05) is 20.2 Å². The lowest BCUT2D eigenvalue weighted by atomic mass is 9.96. The third-order valence-electron chi connectivity index (χ3n) is 4.40. The van der Waals surface area contributed by atoms with Crippen molar-refractivity contribution in [3.8, 4) is 0 Å². The van der Waals surface area contributed by atoms with Crippen LogP contribution in [0.15, 0.2) is 18.2 Å². The van der Waals surface area contributed by atoms with Crippen molar-refractivity contribution in [2.24, 2.45) is 0 Å². The van der Waals surface area contributed by atoms with Crippen LogP contribution in [-0.2, 0) is 11.3 Å². The second kappa shape index (κ2) is 6.03. The van der Waals surface area contributed by atoms with Gasteiger partial charge in [-0.05, 0) is 43.5 Å². The summed E-state index contributed by atoms with van der Waals surface area (Å²) in [7, 11) is 3.81. The van der Waals surface area contributed by atoms with E-state index in [4.69, 9.17) is 4.74 Å². The van der Waals surface area contributed by atoms with Crippen LogP contribution in [0, 0.1) is 0 Å². The number of anilines is 1. The van der Waals surface area contributed by atoms with Gasteiger partial charge in [0.05, 0.1) is 6.10 Å². The summed E-state index contributed by atoms with van der Waals surface area (Å²) in [6.07, 6.45) is 3.68. The number of hydrogen-bond acceptors (Lipinski definition) is 3. The van der Waals surface area contributed by atoms with Gasteiger partial charge in [-0.15, -0.1) is 0 Å². The highest BCUT2D eigenvalue weighted by Crippen LogP contribution is 2.29. The van der Waals surface area contributed by atoms with Crippen molar-refractivity contribution in [1.82, 2.24) is 10.2 Å². The number of benzene rings is 1. The molecule has 0 radical (unpaired) electrons. The highest BCUT2D eigenvalue weighted by atomic mass is 16.5. The van der Waals surface area contributed by atoms with Crippen LogP contribution in [0.5, 0.6) is 0 Å². The summed E-state index contributed by atoms with van der Waals surface area (Å²) in [5.74, 6) is 0. The van der Waals surface area contributed by atoms with Gasteiger partial charge >= 0.3 is 6.03 Å². The van der Waals surface area contributed by atoms with Gasteiger partial charge in [0.1, 0.15) is 0 Å². The number of amides is 2. The van der Waals surface area contributed by atoms with E-state index in [0.29, 0.717) is 18.7 Å². The Bertz CT molecular complexity index is 526. The molecule has 0 aliphatic carbocycles. The summed E-state index contributed by atoms with van der Waals surface area (Å²) in [5.41, 5.74) is 3.35. The number of fused-ring (bicyclic) bond motifs is 1. The fourth-order valence-corrected chi connectivity index (χ4v) is 3.13. The van der Waals surface area contributed by atoms with Gasteiger partial charge < -0.3 is 20.3 Å². The number of carbonyl (C=O) groups excluding carboxylic acids is 1. The van der Waals surface area contributed by atoms with E-state index in [-0.39, 0.29) is 6.03 Å². The van der Waals surface area contributed by atoms with Crippen molar-refractivity contribution in [2.45, 2.75) is 38.0 Å². The van der Waals surface area contributed by atoms with Gasteiger partial charge in [0.25, 0.3) is 0 Å². The van der Waals surface area contributed by atoms with Crippen molar-refractivity contribution >= 4 is 11.7 Å². The predicted molar refractivity (Wildman–Crippen MR) is 82.3 cm³/mol. The van der Waals surface area contributed by atoms with Crippen molar-refractivity contribution in [1.29, 1.82) is 0 Å². The molecule has 0 spiro atoms. The summed E-state index contributed by atoms with van der Waals surface area (Å²) >= 11 is 0. The van der Waals surface area contributed by atoms with E-state index in [9.17, 15) is 4.79 Å². The lowest BCUT2D eigenvalue weighted by molar-refractivity contribution is 0.0954. The molecule has 2 heterocycles. The van der Waals surface area contributed by atoms with Gasteiger partial charge in [-0.3, -0.25) is 0 Å². The Kier molecular flexibility index (Phi) is 4.12. The van der Waals surface area contributed by atoms with Gasteiger partial charge in [0.2, 0.25) is 0 Å². The minimum Gasteiger partial charge on any atom is -0.378 e. The maximum Gasteiger partial charge on any atom is 0.321 e. The van der Waals surface area contributed by atoms with E-state index in [1.54, 1.807) is 4.90 Å². The lowest BCUT2D eigenvalue weighted by Crippen LogP contribution is -2.35. The van der Waals surface area contributed by atoms with Gasteiger partial charge in [0, 0.05) is 31.9 Å². The zero-order chi connectivity index (χ0) is 14.8. The van der Waals surface area contributed by atoms with Crippen molar-refractivity contribution < 1.29 is 9.53 Å². The maximum atomic E-state index is 11.6. The molecule has 3 rings (SSSR count). The molecular weight excluding hydrogens is 266 g/mol. The second-order valence-corrected chi connectivity index (χ2v) is 5.91. The van der Waals surface area contributed by atoms with E-state index in [0.717, 1.165) is 25.1 Å². The first kappa shape index (κ1) is 14.4. The van der Waals surface area contributed by atoms with Gasteiger partial charge in [-0.1, -0.05) is 12.1 Å². The summed E-state index contributed by atoms with van der Waals surface area (Å²) in [6, 6.07) is 6.55. The standard InChI is InChI=1S/C16H23N3O2/c1-17-15(9-13-4-3-7-21-13)11-5-6-14-12(8-11)10-19(2)16(20)18-14/h5-6,8,13,15,17H,3-4,7,9-10H2,1-2H3,(H,18,20). The Morgan fingerprint density at radius 3 is 3.10 bits per heavy atom. The van der Waals surface area contributed by atoms with Crippen LogP contribution in [0.25, 0.3) is 0 Å². The monoisotopic (exact) mass is 289 g/mol. The Balaban J connectivity index is 1.78. The van der Waals surface area contributed by atoms with Gasteiger partial charge in [-0.25, -0.2) is 4.79 Å². The first-order chi connectivity index (χ1) is 10.2. The van der Waals surface area contributed by atoms with Crippen molar-refractivity contribution in [3.05, 3.63) is 29.3 Å². The minimum atomic E-state index is -0.0419. The van der Waals surface area contributed by atoms with Crippen LogP contribution >= 0.6 is 0 Å². The molecule has 0 aromatic heterocycles. The molecule has 114 valence electrons. The molecule has 2 unspecified atom stereocenters. The Morgan fingerprint density at radius 2 is 2.38 bits per heavy atom. The summed E-state index contributed by atoms with van der Waals surface area (Å²) < 4.78 is 5.75. The maximum absolute atomic E-state index is 11.6. The first-order valence-electron chi connectivity index (χ1n) is 7.61. The highest BCUT2D eigenvalue weighted by molar-refractivity contribution is 5.92. The average molecular weight is 289 g/mol. The zero-order valence-corrected chi connectivity index (χ0v) is 12.7. The molecular formula is C16H23N3O2. The largest absolute Gasteiger partial charge is 0.378 e. The zero-order valence-electron chi connectivity index (χ0n) is 12.7. The van der Waals surface area contributed by atoms with Gasteiger partial charge in [-0.2, -0.15) is 0 Å². The van der Waals surface area contributed by atoms with Crippen LogP contribution in [0.4, 0.5) is 10.5 Å². The van der Waals surface area contributed by atoms with Crippen LogP contribution in [0.1, 0.15) is 36.4 Å². The topological polar surface area (TPSA) is 53.6 Å². The first-order valence-corrected chi connectivity index (χ1v) is 7.61. The number of carbonyl (C=O) groups is 1. The average Bonchev–Trinajstić information content (AvgIpc) is 2.98. The van der Waals surface area contributed by atoms with E-state index >= 15 is 0 Å². The molecule has 0 bridgehead atoms. The third kappa shape index (κ3) is 3.04. The molecule has 5 heteroatoms. The molecule has 2 aliphatic heterocycles. The number of nitrogens with one attached hydrogen (secondary N) is 2. The van der Waals surface area contributed by atoms with Crippen molar-refractivity contribution in [3.63, 3.8) is 0 Å². The SMILES string of the molecule is CNC(CC1CCCO1)c1ccc2c(c1)CN(C)C(=O)N2. The number of rotatable bonds is 4. The molecule has 2 amide bonds. The minimum absolute atomic E-state index is 0.0419. The fourth-order valence-electron chi connectivity index (χ4n) is 3.13. The Hall–Kier alpha value is -1.59. The number of ether oxygens (including phenoxy) is 1. The molecule has 1 fully saturated rings. The number of urea groups is 1. The molecule has 2 aliphatic rings. The Morgan fingerprint density at radius 1 is 1.52 bits per heavy atom. The summed E-state index contributed by atoms with van der Waals surface area (Å²) in [6.45, 7) is 1.55. The fraction of sp³-hybridized carbons (Fsp3) is 0.562. The van der Waals surface area contributed by atoms with E-state index < -0.39 is 0 Å². The Labute approximate surface area is 125 Å². The summed E-state index contributed by atoms with van der Waals surface area (Å²) in [4.78, 5) is 13.3. The molecule has 1 aromatic carbocycles. The van der Waals surface area contributed by atoms with E-state index in [2.05, 4.69) is 22.8 Å². The van der Waals surface area contributed by atoms with E-state index in [1.165, 1.54) is 17.5 Å². The van der Waals surface area contributed by atoms with Gasteiger partial charge in [0.15, 0.2) is 0 Å². The summed E-state index contributed by atoms with van der Waals surface area (Å²) in [5, 5.41) is 6.30. The highest BCUT2D eigenvalue weighted by Gasteiger charge is 2.23. The number of nitrogens with zero attached hydrogens (tertiary/aromatic N) is 1. The van der Waals surface area contributed by atoms with Crippen molar-refractivity contribution in [2.75, 3.05) is 26.0 Å². The molecule has 1 aromatic rings. The predicted octanol–water partition coefficient (Wildman–Crippen LogP) is 2.49. The molecule has 21 heavy (non-hydrogen) atoms. The smallest absolute Gasteiger partial charge is 0.321 e. The molecule has 0 saturated carbocycles. The normalized spacial score (nSPS) is 22.9. The molecule has 1 saturated heterocycles. The molecule has 2 atom stereocenters. The van der Waals surface area contributed by atoms with Crippen LogP contribution in [-0.4, -0.2) is 37.7 Å². The van der Waals surface area contributed by atoms with Crippen LogP contribution in [0.2, 0.25) is 0 Å². The third-order valence-corrected chi connectivity index (χ3v) is 4.40. The number of hydrogen-bond donors (Lipinski definition) is 2. The lowest BCUT2D eigenvalue weighted by Gasteiger charge is -2.28. The van der Waals surface area contributed by atoms with Crippen LogP contribution in [0.3, 0.4) is 0 Å².